The van der Waals surface area contributed by atoms with Gasteiger partial charge in [0.05, 0.1) is 36.6 Å². The molecule has 3 saturated heterocycles. The molecule has 0 aromatic rings. The molecular weight excluding hydrogens is 757 g/mol. The minimum Gasteiger partial charge on any atom is -0.436 e. The van der Waals surface area contributed by atoms with Gasteiger partial charge in [-0.25, -0.2) is 0 Å². The van der Waals surface area contributed by atoms with Crippen molar-refractivity contribution in [2.24, 2.45) is 17.8 Å². The molecule has 3 aliphatic heterocycles. The van der Waals surface area contributed by atoms with Crippen LogP contribution in [0.3, 0.4) is 0 Å². The highest BCUT2D eigenvalue weighted by atomic mass is 28.5. The van der Waals surface area contributed by atoms with Gasteiger partial charge >= 0.3 is 34.2 Å². The van der Waals surface area contributed by atoms with Gasteiger partial charge in [0.25, 0.3) is 0 Å². The van der Waals surface area contributed by atoms with Crippen molar-refractivity contribution >= 4 is 50.9 Å². The summed E-state index contributed by atoms with van der Waals surface area (Å²) in [5.41, 5.74) is 0. The Morgan fingerprint density at radius 2 is 0.769 bits per heavy atom. The zero-order valence-corrected chi connectivity index (χ0v) is 40.9. The first-order chi connectivity index (χ1) is 24.3. The van der Waals surface area contributed by atoms with E-state index in [0.717, 1.165) is 49.5 Å². The summed E-state index contributed by atoms with van der Waals surface area (Å²) in [7, 11) is -10.4. The highest BCUT2D eigenvalue weighted by Crippen LogP contribution is 2.46. The van der Waals surface area contributed by atoms with Crippen LogP contribution in [-0.2, 0) is 39.5 Å². The lowest BCUT2D eigenvalue weighted by atomic mass is 9.88. The van der Waals surface area contributed by atoms with Gasteiger partial charge in [0.2, 0.25) is 0 Å². The van der Waals surface area contributed by atoms with E-state index in [9.17, 15) is 0 Å². The van der Waals surface area contributed by atoms with E-state index < -0.39 is 50.9 Å². The lowest BCUT2D eigenvalue weighted by Gasteiger charge is -2.45. The van der Waals surface area contributed by atoms with Crippen molar-refractivity contribution in [2.45, 2.75) is 203 Å². The Balaban J connectivity index is 1.17. The maximum atomic E-state index is 7.77. The molecule has 12 unspecified atom stereocenters. The molecule has 6 rings (SSSR count). The molecule has 0 aromatic carbocycles. The van der Waals surface area contributed by atoms with Crippen molar-refractivity contribution in [3.63, 3.8) is 0 Å². The van der Waals surface area contributed by atoms with Crippen molar-refractivity contribution in [3.05, 3.63) is 0 Å². The van der Waals surface area contributed by atoms with Gasteiger partial charge in [-0.1, -0.05) is 0 Å². The van der Waals surface area contributed by atoms with Crippen molar-refractivity contribution in [3.8, 4) is 0 Å². The van der Waals surface area contributed by atoms with Crippen LogP contribution in [0, 0.1) is 17.8 Å². The predicted molar refractivity (Wildman–Crippen MR) is 222 cm³/mol. The van der Waals surface area contributed by atoms with Crippen molar-refractivity contribution < 1.29 is 39.5 Å². The first kappa shape index (κ1) is 42.5. The van der Waals surface area contributed by atoms with Crippen LogP contribution in [0.5, 0.6) is 0 Å². The molecule has 9 nitrogen and oxygen atoms in total. The lowest BCUT2D eigenvalue weighted by Crippen LogP contribution is -2.60. The van der Waals surface area contributed by atoms with E-state index in [0.29, 0.717) is 54.4 Å². The average Bonchev–Trinajstić information content (AvgIpc) is 3.96. The van der Waals surface area contributed by atoms with E-state index in [-0.39, 0.29) is 0 Å². The Morgan fingerprint density at radius 1 is 0.404 bits per heavy atom. The van der Waals surface area contributed by atoms with Gasteiger partial charge in [-0.2, -0.15) is 0 Å². The molecule has 0 N–H and O–H groups in total. The number of hydrogen-bond acceptors (Lipinski definition) is 9. The van der Waals surface area contributed by atoms with Crippen molar-refractivity contribution in [1.29, 1.82) is 0 Å². The fourth-order valence-corrected chi connectivity index (χ4v) is 39.7. The van der Waals surface area contributed by atoms with Gasteiger partial charge in [-0.15, -0.1) is 0 Å². The van der Waals surface area contributed by atoms with Gasteiger partial charge in [-0.05, 0) is 184 Å². The first-order valence-electron chi connectivity index (χ1n) is 21.2. The number of epoxide rings is 3. The second-order valence-corrected chi connectivity index (χ2v) is 43.2. The standard InChI is InChI=1S/C37H76O9Si6/c1-38-49(7,8)43-47(3,4)24-25-48(5,6)44-51(10,22-19-30-13-16-33-36(27-30)41-33)46-52(11,23-20-31-14-17-34-37(28-31)42-34)45-50(9,39-2)21-18-29-12-15-32-35(26-29)40-32/h29-37H,12-28H2,1-11H3. The minimum absolute atomic E-state index is 0.492. The Labute approximate surface area is 323 Å². The molecule has 0 amide bonds. The van der Waals surface area contributed by atoms with E-state index >= 15 is 0 Å². The monoisotopic (exact) mass is 832 g/mol. The van der Waals surface area contributed by atoms with E-state index in [2.05, 4.69) is 58.9 Å². The van der Waals surface area contributed by atoms with Crippen LogP contribution in [0.25, 0.3) is 0 Å². The van der Waals surface area contributed by atoms with Gasteiger partial charge in [0.1, 0.15) is 0 Å². The summed E-state index contributed by atoms with van der Waals surface area (Å²) < 4.78 is 59.7. The zero-order valence-electron chi connectivity index (χ0n) is 34.9. The summed E-state index contributed by atoms with van der Waals surface area (Å²) in [6.07, 6.45) is 17.6. The SMILES string of the molecule is CO[Si](C)(C)O[Si](C)(C)CC[Si](C)(C)O[Si](C)(CCC1CCC2OC2C1)O[Si](C)(CCC1CCC2OC2C1)O[Si](C)(CCC1CCC2OC2C1)OC. The van der Waals surface area contributed by atoms with Gasteiger partial charge in [0, 0.05) is 14.2 Å². The van der Waals surface area contributed by atoms with Crippen molar-refractivity contribution in [2.75, 3.05) is 14.2 Å². The fraction of sp³-hybridized carbons (Fsp3) is 1.00. The molecule has 12 atom stereocenters. The molecule has 52 heavy (non-hydrogen) atoms. The third kappa shape index (κ3) is 12.5. The average molecular weight is 834 g/mol. The summed E-state index contributed by atoms with van der Waals surface area (Å²) >= 11 is 0. The quantitative estimate of drug-likeness (QED) is 0.0782. The number of hydrogen-bond donors (Lipinski definition) is 0. The molecule has 0 bridgehead atoms. The third-order valence-electron chi connectivity index (χ3n) is 13.5. The Bertz CT molecular complexity index is 1200. The van der Waals surface area contributed by atoms with Gasteiger partial charge in [0.15, 0.2) is 16.6 Å². The molecule has 302 valence electrons. The van der Waals surface area contributed by atoms with Gasteiger partial charge < -0.3 is 39.5 Å². The van der Waals surface area contributed by atoms with E-state index in [1.807, 2.05) is 7.11 Å². The number of ether oxygens (including phenoxy) is 3. The normalized spacial score (nSPS) is 36.4. The molecule has 0 aromatic heterocycles. The maximum Gasteiger partial charge on any atom is 0.325 e. The Hall–Kier alpha value is 0.941. The Morgan fingerprint density at radius 3 is 1.15 bits per heavy atom. The smallest absolute Gasteiger partial charge is 0.325 e. The number of rotatable bonds is 22. The van der Waals surface area contributed by atoms with Crippen molar-refractivity contribution in [1.82, 2.24) is 0 Å². The first-order valence-corrected chi connectivity index (χ1v) is 37.8. The summed E-state index contributed by atoms with van der Waals surface area (Å²) in [4.78, 5) is 0. The largest absolute Gasteiger partial charge is 0.436 e. The summed E-state index contributed by atoms with van der Waals surface area (Å²) in [6.45, 7) is 21.0. The molecule has 15 heteroatoms. The zero-order chi connectivity index (χ0) is 37.6. The molecule has 3 aliphatic carbocycles. The summed E-state index contributed by atoms with van der Waals surface area (Å²) in [5.74, 6) is 2.10. The van der Waals surface area contributed by atoms with Gasteiger partial charge in [-0.3, -0.25) is 0 Å². The van der Waals surface area contributed by atoms with Crippen LogP contribution >= 0.6 is 0 Å². The maximum absolute atomic E-state index is 7.77. The Kier molecular flexibility index (Phi) is 13.6. The van der Waals surface area contributed by atoms with Crippen LogP contribution in [0.4, 0.5) is 0 Å². The van der Waals surface area contributed by atoms with Crippen LogP contribution in [0.15, 0.2) is 0 Å². The van der Waals surface area contributed by atoms with E-state index in [4.69, 9.17) is 39.5 Å². The third-order valence-corrected chi connectivity index (χ3v) is 37.4. The molecule has 6 fully saturated rings. The molecule has 3 heterocycles. The van der Waals surface area contributed by atoms with Crippen LogP contribution in [0.1, 0.15) is 77.0 Å². The van der Waals surface area contributed by atoms with Crippen LogP contribution < -0.4 is 0 Å². The molecular formula is C37H76O9Si6. The fourth-order valence-electron chi connectivity index (χ4n) is 10.00. The minimum atomic E-state index is -2.74. The second-order valence-electron chi connectivity index (χ2n) is 19.9. The van der Waals surface area contributed by atoms with E-state index in [1.54, 1.807) is 7.11 Å². The van der Waals surface area contributed by atoms with Crippen LogP contribution in [0.2, 0.25) is 89.1 Å². The van der Waals surface area contributed by atoms with Crippen LogP contribution in [-0.4, -0.2) is 102 Å². The molecule has 0 spiro atoms. The number of fused-ring (bicyclic) bond motifs is 3. The van der Waals surface area contributed by atoms with E-state index in [1.165, 1.54) is 57.8 Å². The summed E-state index contributed by atoms with van der Waals surface area (Å²) in [6, 6.07) is 5.20. The predicted octanol–water partition coefficient (Wildman–Crippen LogP) is 9.55. The highest BCUT2D eigenvalue weighted by molar-refractivity contribution is 6.90. The lowest BCUT2D eigenvalue weighted by molar-refractivity contribution is 0.241. The highest BCUT2D eigenvalue weighted by Gasteiger charge is 2.53. The summed E-state index contributed by atoms with van der Waals surface area (Å²) in [5, 5.41) is 0. The molecule has 6 aliphatic rings. The molecule has 0 radical (unpaired) electrons. The topological polar surface area (TPSA) is 93.0 Å². The second kappa shape index (κ2) is 16.7. The molecule has 3 saturated carbocycles.